The second-order valence-corrected chi connectivity index (χ2v) is 1.47. The van der Waals surface area contributed by atoms with Crippen LogP contribution in [-0.2, 0) is 19.4 Å². The molecule has 0 saturated carbocycles. The van der Waals surface area contributed by atoms with E-state index in [1.807, 2.05) is 0 Å². The SMILES string of the molecule is C=CCOOC(=O)C(=O)O.CC#N. The van der Waals surface area contributed by atoms with E-state index < -0.39 is 11.9 Å². The van der Waals surface area contributed by atoms with Gasteiger partial charge in [0.1, 0.15) is 6.61 Å². The van der Waals surface area contributed by atoms with Crippen LogP contribution in [0.3, 0.4) is 0 Å². The number of hydrogen-bond acceptors (Lipinski definition) is 5. The first-order chi connectivity index (χ1) is 6.09. The summed E-state index contributed by atoms with van der Waals surface area (Å²) in [6, 6.07) is 1.75. The Bertz CT molecular complexity index is 217. The van der Waals surface area contributed by atoms with E-state index in [1.54, 1.807) is 6.07 Å². The molecule has 0 radical (unpaired) electrons. The zero-order valence-corrected chi connectivity index (χ0v) is 7.02. The van der Waals surface area contributed by atoms with Gasteiger partial charge in [-0.15, -0.1) is 6.58 Å². The molecule has 0 aliphatic rings. The Balaban J connectivity index is 0. The van der Waals surface area contributed by atoms with Crippen LogP contribution in [0.15, 0.2) is 12.7 Å². The summed E-state index contributed by atoms with van der Waals surface area (Å²) in [7, 11) is 0. The van der Waals surface area contributed by atoms with Crippen molar-refractivity contribution < 1.29 is 24.5 Å². The van der Waals surface area contributed by atoms with Crippen molar-refractivity contribution in [3.8, 4) is 6.07 Å². The van der Waals surface area contributed by atoms with Crippen molar-refractivity contribution in [3.63, 3.8) is 0 Å². The minimum Gasteiger partial charge on any atom is -0.473 e. The average Bonchev–Trinajstić information content (AvgIpc) is 2.06. The van der Waals surface area contributed by atoms with Crippen molar-refractivity contribution in [2.45, 2.75) is 6.92 Å². The predicted octanol–water partition coefficient (Wildman–Crippen LogP) is 0.262. The quantitative estimate of drug-likeness (QED) is 0.224. The molecule has 0 amide bonds. The molecule has 6 heteroatoms. The molecule has 0 rings (SSSR count). The highest BCUT2D eigenvalue weighted by molar-refractivity contribution is 6.28. The van der Waals surface area contributed by atoms with Gasteiger partial charge in [-0.1, -0.05) is 6.08 Å². The van der Waals surface area contributed by atoms with E-state index in [0.717, 1.165) is 0 Å². The van der Waals surface area contributed by atoms with Gasteiger partial charge in [0.15, 0.2) is 0 Å². The van der Waals surface area contributed by atoms with Gasteiger partial charge < -0.3 is 5.11 Å². The number of carbonyl (C=O) groups is 2. The van der Waals surface area contributed by atoms with Crippen molar-refractivity contribution in [3.05, 3.63) is 12.7 Å². The lowest BCUT2D eigenvalue weighted by atomic mass is 10.7. The normalized spacial score (nSPS) is 7.08. The lowest BCUT2D eigenvalue weighted by molar-refractivity contribution is -0.265. The van der Waals surface area contributed by atoms with Crippen LogP contribution in [0.2, 0.25) is 0 Å². The maximum absolute atomic E-state index is 10.0. The van der Waals surface area contributed by atoms with E-state index >= 15 is 0 Å². The molecular formula is C7H9NO5. The molecule has 1 N–H and O–H groups in total. The van der Waals surface area contributed by atoms with Crippen molar-refractivity contribution in [1.82, 2.24) is 0 Å². The molecule has 0 bridgehead atoms. The highest BCUT2D eigenvalue weighted by atomic mass is 17.2. The van der Waals surface area contributed by atoms with Crippen molar-refractivity contribution in [1.29, 1.82) is 5.26 Å². The third kappa shape index (κ3) is 13.2. The number of nitrogens with zero attached hydrogens (tertiary/aromatic N) is 1. The maximum Gasteiger partial charge on any atom is 0.449 e. The van der Waals surface area contributed by atoms with Crippen LogP contribution < -0.4 is 0 Å². The molecule has 13 heavy (non-hydrogen) atoms. The van der Waals surface area contributed by atoms with Gasteiger partial charge in [0.25, 0.3) is 0 Å². The third-order valence-corrected chi connectivity index (χ3v) is 0.495. The number of rotatable bonds is 3. The first-order valence-corrected chi connectivity index (χ1v) is 3.08. The van der Waals surface area contributed by atoms with Crippen LogP contribution in [0, 0.1) is 11.3 Å². The molecule has 0 aromatic heterocycles. The summed E-state index contributed by atoms with van der Waals surface area (Å²) in [5, 5.41) is 15.2. The van der Waals surface area contributed by atoms with Crippen LogP contribution >= 0.6 is 0 Å². The molecular weight excluding hydrogens is 178 g/mol. The zero-order chi connectivity index (χ0) is 10.7. The van der Waals surface area contributed by atoms with E-state index in [9.17, 15) is 9.59 Å². The fraction of sp³-hybridized carbons (Fsp3) is 0.286. The van der Waals surface area contributed by atoms with Crippen molar-refractivity contribution in [2.75, 3.05) is 6.61 Å². The number of aliphatic carboxylic acids is 1. The van der Waals surface area contributed by atoms with E-state index in [2.05, 4.69) is 16.4 Å². The molecule has 0 saturated heterocycles. The zero-order valence-electron chi connectivity index (χ0n) is 7.02. The van der Waals surface area contributed by atoms with Gasteiger partial charge in [-0.25, -0.2) is 9.59 Å². The molecule has 0 fully saturated rings. The van der Waals surface area contributed by atoms with Gasteiger partial charge in [0.05, 0.1) is 6.07 Å². The molecule has 0 aliphatic heterocycles. The molecule has 0 aromatic rings. The lowest BCUT2D eigenvalue weighted by Crippen LogP contribution is -2.16. The monoisotopic (exact) mass is 187 g/mol. The highest BCUT2D eigenvalue weighted by Gasteiger charge is 2.13. The lowest BCUT2D eigenvalue weighted by Gasteiger charge is -1.94. The van der Waals surface area contributed by atoms with Crippen molar-refractivity contribution in [2.24, 2.45) is 0 Å². The van der Waals surface area contributed by atoms with Gasteiger partial charge in [0.2, 0.25) is 0 Å². The second-order valence-electron chi connectivity index (χ2n) is 1.47. The van der Waals surface area contributed by atoms with Gasteiger partial charge in [0, 0.05) is 6.92 Å². The standard InChI is InChI=1S/C5H6O5.C2H3N/c1-2-3-9-10-5(8)4(6)7;1-2-3/h2H,1,3H2,(H,6,7);1H3. The Labute approximate surface area is 74.9 Å². The van der Waals surface area contributed by atoms with E-state index in [0.29, 0.717) is 0 Å². The Morgan fingerprint density at radius 1 is 1.69 bits per heavy atom. The Morgan fingerprint density at radius 3 is 2.46 bits per heavy atom. The summed E-state index contributed by atoms with van der Waals surface area (Å²) in [6.45, 7) is 4.64. The number of nitriles is 1. The highest BCUT2D eigenvalue weighted by Crippen LogP contribution is 1.80. The smallest absolute Gasteiger partial charge is 0.449 e. The largest absolute Gasteiger partial charge is 0.473 e. The van der Waals surface area contributed by atoms with Gasteiger partial charge in [-0.05, 0) is 0 Å². The number of carboxylic acid groups (broad SMARTS) is 1. The third-order valence-electron chi connectivity index (χ3n) is 0.495. The number of carboxylic acids is 1. The minimum absolute atomic E-state index is 0.0288. The molecule has 6 nitrogen and oxygen atoms in total. The van der Waals surface area contributed by atoms with E-state index in [1.165, 1.54) is 13.0 Å². The van der Waals surface area contributed by atoms with Crippen LogP contribution in [-0.4, -0.2) is 23.7 Å². The van der Waals surface area contributed by atoms with E-state index in [-0.39, 0.29) is 6.61 Å². The minimum atomic E-state index is -1.69. The topological polar surface area (TPSA) is 96.6 Å². The van der Waals surface area contributed by atoms with Gasteiger partial charge in [-0.2, -0.15) is 10.1 Å². The number of carbonyl (C=O) groups excluding carboxylic acids is 1. The first-order valence-electron chi connectivity index (χ1n) is 3.08. The Kier molecular flexibility index (Phi) is 10.7. The molecule has 0 spiro atoms. The fourth-order valence-corrected chi connectivity index (χ4v) is 0.171. The molecule has 0 aliphatic carbocycles. The van der Waals surface area contributed by atoms with Crippen LogP contribution in [0.5, 0.6) is 0 Å². The predicted molar refractivity (Wildman–Crippen MR) is 41.2 cm³/mol. The van der Waals surface area contributed by atoms with Crippen LogP contribution in [0.1, 0.15) is 6.92 Å². The van der Waals surface area contributed by atoms with Crippen LogP contribution in [0.25, 0.3) is 0 Å². The summed E-state index contributed by atoms with van der Waals surface area (Å²) in [5.74, 6) is -3.13. The first kappa shape index (κ1) is 13.7. The average molecular weight is 187 g/mol. The summed E-state index contributed by atoms with van der Waals surface area (Å²) < 4.78 is 0. The molecule has 0 atom stereocenters. The summed E-state index contributed by atoms with van der Waals surface area (Å²) in [5.41, 5.74) is 0. The Morgan fingerprint density at radius 2 is 2.15 bits per heavy atom. The molecule has 72 valence electrons. The Hall–Kier alpha value is -1.87. The second kappa shape index (κ2) is 10.1. The fourth-order valence-electron chi connectivity index (χ4n) is 0.171. The van der Waals surface area contributed by atoms with Crippen molar-refractivity contribution >= 4 is 11.9 Å². The summed E-state index contributed by atoms with van der Waals surface area (Å²) in [4.78, 5) is 27.5. The molecule has 0 aromatic carbocycles. The number of hydrogen-bond donors (Lipinski definition) is 1. The summed E-state index contributed by atoms with van der Waals surface area (Å²) in [6.07, 6.45) is 1.31. The van der Waals surface area contributed by atoms with Crippen LogP contribution in [0.4, 0.5) is 0 Å². The maximum atomic E-state index is 10.0. The van der Waals surface area contributed by atoms with Gasteiger partial charge >= 0.3 is 11.9 Å². The van der Waals surface area contributed by atoms with Gasteiger partial charge in [-0.3, -0.25) is 4.89 Å². The molecule has 0 unspecified atom stereocenters. The molecule has 0 heterocycles. The summed E-state index contributed by atoms with van der Waals surface area (Å²) >= 11 is 0. The van der Waals surface area contributed by atoms with E-state index in [4.69, 9.17) is 10.4 Å².